The molecule has 228 valence electrons. The van der Waals surface area contributed by atoms with Crippen LogP contribution in [0.2, 0.25) is 0 Å². The summed E-state index contributed by atoms with van der Waals surface area (Å²) in [5.74, 6) is 0.484. The maximum Gasteiger partial charge on any atom is 0.265 e. The van der Waals surface area contributed by atoms with Crippen LogP contribution >= 0.6 is 0 Å². The van der Waals surface area contributed by atoms with Crippen molar-refractivity contribution >= 4 is 38.6 Å². The van der Waals surface area contributed by atoms with Crippen LogP contribution in [0.3, 0.4) is 0 Å². The number of hydrogen-bond acceptors (Lipinski definition) is 6. The molecular formula is C33H41N5O4S. The zero-order valence-electron chi connectivity index (χ0n) is 25.2. The van der Waals surface area contributed by atoms with E-state index in [1.807, 2.05) is 36.4 Å². The van der Waals surface area contributed by atoms with Crippen LogP contribution in [0.4, 0.5) is 5.69 Å². The van der Waals surface area contributed by atoms with E-state index in [1.165, 1.54) is 0 Å². The van der Waals surface area contributed by atoms with Crippen LogP contribution in [0.25, 0.3) is 22.2 Å². The van der Waals surface area contributed by atoms with Gasteiger partial charge in [0, 0.05) is 44.2 Å². The topological polar surface area (TPSA) is 122 Å². The Balaban J connectivity index is 1.52. The summed E-state index contributed by atoms with van der Waals surface area (Å²) in [6.07, 6.45) is 7.41. The van der Waals surface area contributed by atoms with Crippen molar-refractivity contribution in [1.29, 1.82) is 0 Å². The zero-order valence-corrected chi connectivity index (χ0v) is 26.0. The van der Waals surface area contributed by atoms with E-state index >= 15 is 0 Å². The minimum atomic E-state index is -3.68. The Morgan fingerprint density at radius 3 is 2.42 bits per heavy atom. The van der Waals surface area contributed by atoms with E-state index in [4.69, 9.17) is 4.98 Å². The largest absolute Gasteiger partial charge is 0.385 e. The molecule has 4 rings (SSSR count). The fraction of sp³-hybridized carbons (Fsp3) is 0.364. The number of amides is 2. The van der Waals surface area contributed by atoms with Gasteiger partial charge in [-0.2, -0.15) is 0 Å². The molecule has 0 radical (unpaired) electrons. The van der Waals surface area contributed by atoms with E-state index in [0.717, 1.165) is 85.0 Å². The number of unbranched alkanes of at least 4 members (excludes halogenated alkanes) is 3. The second kappa shape index (κ2) is 14.8. The molecule has 3 aromatic carbocycles. The summed E-state index contributed by atoms with van der Waals surface area (Å²) in [6.45, 7) is 3.66. The first-order valence-electron chi connectivity index (χ1n) is 14.8. The number of sulfonamides is 1. The summed E-state index contributed by atoms with van der Waals surface area (Å²) in [6, 6.07) is 21.3. The summed E-state index contributed by atoms with van der Waals surface area (Å²) >= 11 is 0. The van der Waals surface area contributed by atoms with Crippen LogP contribution in [0.1, 0.15) is 67.2 Å². The van der Waals surface area contributed by atoms with Gasteiger partial charge >= 0.3 is 0 Å². The lowest BCUT2D eigenvalue weighted by Crippen LogP contribution is -2.29. The standard InChI is InChI=1S/C33H41N5O4S/c1-4-5-13-31-36-29-20-19-26(35-21-10-6-7-14-32(39)34-2)22-30(29)38(31)23-24-15-17-25(18-16-24)27-11-8-9-12-28(27)33(40)37-43(3,41)42/h8-9,11-12,15-20,22,35H,4-7,10,13-14,21,23H2,1-3H3,(H,34,39)(H,37,40). The summed E-state index contributed by atoms with van der Waals surface area (Å²) in [5, 5.41) is 6.19. The first-order chi connectivity index (χ1) is 20.7. The molecule has 0 spiro atoms. The van der Waals surface area contributed by atoms with Crippen LogP contribution in [0, 0.1) is 0 Å². The molecule has 1 aromatic heterocycles. The van der Waals surface area contributed by atoms with Gasteiger partial charge in [0.2, 0.25) is 15.9 Å². The molecule has 0 aliphatic rings. The molecule has 0 fully saturated rings. The van der Waals surface area contributed by atoms with Gasteiger partial charge in [0.15, 0.2) is 0 Å². The fourth-order valence-electron chi connectivity index (χ4n) is 5.06. The number of rotatable bonds is 15. The third-order valence-electron chi connectivity index (χ3n) is 7.33. The van der Waals surface area contributed by atoms with Crippen LogP contribution < -0.4 is 15.4 Å². The Kier molecular flexibility index (Phi) is 10.9. The van der Waals surface area contributed by atoms with Crippen molar-refractivity contribution in [2.45, 2.75) is 58.4 Å². The van der Waals surface area contributed by atoms with Crippen molar-refractivity contribution < 1.29 is 18.0 Å². The van der Waals surface area contributed by atoms with E-state index in [1.54, 1.807) is 19.2 Å². The highest BCUT2D eigenvalue weighted by atomic mass is 32.2. The van der Waals surface area contributed by atoms with E-state index in [2.05, 4.69) is 45.0 Å². The molecule has 0 aliphatic carbocycles. The number of aromatic nitrogens is 2. The molecule has 0 saturated carbocycles. The lowest BCUT2D eigenvalue weighted by Gasteiger charge is -2.13. The van der Waals surface area contributed by atoms with Gasteiger partial charge in [0.25, 0.3) is 5.91 Å². The molecule has 3 N–H and O–H groups in total. The summed E-state index contributed by atoms with van der Waals surface area (Å²) < 4.78 is 27.6. The Morgan fingerprint density at radius 1 is 0.930 bits per heavy atom. The normalized spacial score (nSPS) is 11.4. The lowest BCUT2D eigenvalue weighted by molar-refractivity contribution is -0.120. The third kappa shape index (κ3) is 8.90. The van der Waals surface area contributed by atoms with Gasteiger partial charge in [-0.05, 0) is 60.2 Å². The molecule has 0 unspecified atom stereocenters. The number of carbonyl (C=O) groups is 2. The zero-order chi connectivity index (χ0) is 30.8. The third-order valence-corrected chi connectivity index (χ3v) is 7.88. The average Bonchev–Trinajstić information content (AvgIpc) is 3.33. The van der Waals surface area contributed by atoms with E-state index in [-0.39, 0.29) is 5.91 Å². The van der Waals surface area contributed by atoms with Crippen molar-refractivity contribution in [3.05, 3.63) is 83.7 Å². The van der Waals surface area contributed by atoms with Crippen molar-refractivity contribution in [1.82, 2.24) is 19.6 Å². The predicted octanol–water partition coefficient (Wildman–Crippen LogP) is 5.50. The number of nitrogens with zero attached hydrogens (tertiary/aromatic N) is 2. The molecule has 0 saturated heterocycles. The van der Waals surface area contributed by atoms with Gasteiger partial charge in [-0.15, -0.1) is 0 Å². The Morgan fingerprint density at radius 2 is 1.70 bits per heavy atom. The molecular weight excluding hydrogens is 562 g/mol. The number of nitrogens with one attached hydrogen (secondary N) is 3. The minimum Gasteiger partial charge on any atom is -0.385 e. The Bertz CT molecular complexity index is 1660. The van der Waals surface area contributed by atoms with Crippen molar-refractivity contribution in [3.8, 4) is 11.1 Å². The minimum absolute atomic E-state index is 0.0852. The maximum atomic E-state index is 12.6. The molecule has 4 aromatic rings. The lowest BCUT2D eigenvalue weighted by atomic mass is 9.98. The van der Waals surface area contributed by atoms with E-state index < -0.39 is 15.9 Å². The van der Waals surface area contributed by atoms with Crippen LogP contribution in [-0.4, -0.2) is 49.6 Å². The van der Waals surface area contributed by atoms with Crippen molar-refractivity contribution in [2.24, 2.45) is 0 Å². The Hall–Kier alpha value is -4.18. The SMILES string of the molecule is CCCCc1nc2ccc(NCCCCCC(=O)NC)cc2n1Cc1ccc(-c2ccccc2C(=O)NS(C)(=O)=O)cc1. The van der Waals surface area contributed by atoms with Crippen LogP contribution in [0.15, 0.2) is 66.7 Å². The first-order valence-corrected chi connectivity index (χ1v) is 16.7. The van der Waals surface area contributed by atoms with E-state index in [0.29, 0.717) is 24.1 Å². The van der Waals surface area contributed by atoms with Crippen LogP contribution in [-0.2, 0) is 27.8 Å². The number of carbonyl (C=O) groups excluding carboxylic acids is 2. The summed E-state index contributed by atoms with van der Waals surface area (Å²) in [5.41, 5.74) is 5.96. The molecule has 0 bridgehead atoms. The van der Waals surface area contributed by atoms with Gasteiger partial charge < -0.3 is 15.2 Å². The first kappa shape index (κ1) is 31.7. The highest BCUT2D eigenvalue weighted by Gasteiger charge is 2.16. The number of anilines is 1. The van der Waals surface area contributed by atoms with Gasteiger partial charge in [-0.1, -0.05) is 62.2 Å². The molecule has 10 heteroatoms. The summed E-state index contributed by atoms with van der Waals surface area (Å²) in [4.78, 5) is 29.0. The van der Waals surface area contributed by atoms with Gasteiger partial charge in [0.1, 0.15) is 5.82 Å². The summed E-state index contributed by atoms with van der Waals surface area (Å²) in [7, 11) is -2.01. The van der Waals surface area contributed by atoms with Crippen molar-refractivity contribution in [3.63, 3.8) is 0 Å². The molecule has 0 aliphatic heterocycles. The Labute approximate surface area is 254 Å². The van der Waals surface area contributed by atoms with Gasteiger partial charge in [-0.3, -0.25) is 9.59 Å². The molecule has 43 heavy (non-hydrogen) atoms. The van der Waals surface area contributed by atoms with Crippen molar-refractivity contribution in [2.75, 3.05) is 25.2 Å². The quantitative estimate of drug-likeness (QED) is 0.154. The molecule has 1 heterocycles. The maximum absolute atomic E-state index is 12.6. The van der Waals surface area contributed by atoms with Gasteiger partial charge in [-0.25, -0.2) is 18.1 Å². The average molecular weight is 604 g/mol. The number of hydrogen-bond donors (Lipinski definition) is 3. The molecule has 9 nitrogen and oxygen atoms in total. The number of aryl methyl sites for hydroxylation is 1. The molecule has 2 amide bonds. The number of benzene rings is 3. The smallest absolute Gasteiger partial charge is 0.265 e. The second-order valence-electron chi connectivity index (χ2n) is 10.8. The van der Waals surface area contributed by atoms with E-state index in [9.17, 15) is 18.0 Å². The molecule has 0 atom stereocenters. The highest BCUT2D eigenvalue weighted by molar-refractivity contribution is 7.89. The van der Waals surface area contributed by atoms with Crippen LogP contribution in [0.5, 0.6) is 0 Å². The second-order valence-corrected chi connectivity index (χ2v) is 12.5. The monoisotopic (exact) mass is 603 g/mol. The number of fused-ring (bicyclic) bond motifs is 1. The van der Waals surface area contributed by atoms with Gasteiger partial charge in [0.05, 0.1) is 17.3 Å². The fourth-order valence-corrected chi connectivity index (χ4v) is 5.51. The number of imidazole rings is 1. The highest BCUT2D eigenvalue weighted by Crippen LogP contribution is 2.27. The predicted molar refractivity (Wildman–Crippen MR) is 173 cm³/mol.